The van der Waals surface area contributed by atoms with E-state index in [1.54, 1.807) is 44.8 Å². The summed E-state index contributed by atoms with van der Waals surface area (Å²) < 4.78 is 16.5. The Morgan fingerprint density at radius 2 is 1.68 bits per heavy atom. The maximum atomic E-state index is 12.4. The second-order valence-corrected chi connectivity index (χ2v) is 6.05. The summed E-state index contributed by atoms with van der Waals surface area (Å²) in [5.74, 6) is 1.69. The quantitative estimate of drug-likeness (QED) is 0.645. The van der Waals surface area contributed by atoms with E-state index in [-0.39, 0.29) is 12.3 Å². The first-order chi connectivity index (χ1) is 13.7. The number of hydrogen-bond acceptors (Lipinski definition) is 5. The van der Waals surface area contributed by atoms with Crippen LogP contribution in [0.1, 0.15) is 11.1 Å². The van der Waals surface area contributed by atoms with Gasteiger partial charge in [-0.05, 0) is 35.9 Å². The maximum absolute atomic E-state index is 12.4. The number of anilines is 1. The van der Waals surface area contributed by atoms with Crippen molar-refractivity contribution >= 4 is 11.6 Å². The third-order valence-electron chi connectivity index (χ3n) is 4.13. The first-order valence-corrected chi connectivity index (χ1v) is 8.81. The van der Waals surface area contributed by atoms with Crippen LogP contribution in [-0.2, 0) is 17.8 Å². The number of benzene rings is 2. The number of hydrogen-bond donors (Lipinski definition) is 1. The van der Waals surface area contributed by atoms with Crippen LogP contribution in [0.15, 0.2) is 67.0 Å². The van der Waals surface area contributed by atoms with Crippen molar-refractivity contribution in [2.75, 3.05) is 19.5 Å². The van der Waals surface area contributed by atoms with Gasteiger partial charge in [-0.15, -0.1) is 0 Å². The van der Waals surface area contributed by atoms with Gasteiger partial charge in [0.1, 0.15) is 12.4 Å². The predicted molar refractivity (Wildman–Crippen MR) is 107 cm³/mol. The summed E-state index contributed by atoms with van der Waals surface area (Å²) in [5, 5.41) is 2.89. The molecule has 0 atom stereocenters. The monoisotopic (exact) mass is 378 g/mol. The fourth-order valence-corrected chi connectivity index (χ4v) is 2.73. The normalized spacial score (nSPS) is 10.2. The van der Waals surface area contributed by atoms with Gasteiger partial charge in [0, 0.05) is 29.7 Å². The largest absolute Gasteiger partial charge is 0.496 e. The molecule has 1 heterocycles. The Kier molecular flexibility index (Phi) is 6.46. The smallest absolute Gasteiger partial charge is 0.228 e. The number of methoxy groups -OCH3 is 2. The van der Waals surface area contributed by atoms with E-state index < -0.39 is 0 Å². The lowest BCUT2D eigenvalue weighted by atomic mass is 10.1. The number of pyridine rings is 1. The van der Waals surface area contributed by atoms with Crippen molar-refractivity contribution < 1.29 is 19.0 Å². The van der Waals surface area contributed by atoms with E-state index in [0.717, 1.165) is 11.1 Å². The van der Waals surface area contributed by atoms with Crippen molar-refractivity contribution in [3.8, 4) is 17.2 Å². The molecule has 1 aromatic heterocycles. The van der Waals surface area contributed by atoms with Crippen molar-refractivity contribution in [3.63, 3.8) is 0 Å². The molecule has 0 bridgehead atoms. The minimum absolute atomic E-state index is 0.144. The van der Waals surface area contributed by atoms with Crippen LogP contribution in [0, 0.1) is 0 Å². The molecule has 0 saturated carbocycles. The van der Waals surface area contributed by atoms with Gasteiger partial charge in [0.25, 0.3) is 0 Å². The summed E-state index contributed by atoms with van der Waals surface area (Å²) >= 11 is 0. The zero-order chi connectivity index (χ0) is 19.8. The molecule has 6 heteroatoms. The predicted octanol–water partition coefficient (Wildman–Crippen LogP) is 3.86. The average Bonchev–Trinajstić information content (AvgIpc) is 2.73. The van der Waals surface area contributed by atoms with E-state index in [0.29, 0.717) is 29.5 Å². The Hall–Kier alpha value is -3.54. The lowest BCUT2D eigenvalue weighted by Gasteiger charge is -2.13. The molecule has 3 rings (SSSR count). The number of ether oxygens (including phenoxy) is 3. The van der Waals surface area contributed by atoms with Crippen LogP contribution in [0.3, 0.4) is 0 Å². The molecule has 3 aromatic rings. The molecule has 6 nitrogen and oxygen atoms in total. The molecule has 0 aliphatic rings. The maximum Gasteiger partial charge on any atom is 0.228 e. The number of rotatable bonds is 8. The van der Waals surface area contributed by atoms with Crippen LogP contribution in [0.5, 0.6) is 17.2 Å². The topological polar surface area (TPSA) is 69.7 Å². The molecular formula is C22H22N2O4. The Morgan fingerprint density at radius 1 is 0.929 bits per heavy atom. The number of amides is 1. The lowest BCUT2D eigenvalue weighted by Crippen LogP contribution is -2.15. The molecule has 0 radical (unpaired) electrons. The first kappa shape index (κ1) is 19.2. The molecule has 0 saturated heterocycles. The highest BCUT2D eigenvalue weighted by molar-refractivity contribution is 5.93. The molecule has 0 unspecified atom stereocenters. The second-order valence-electron chi connectivity index (χ2n) is 6.05. The summed E-state index contributed by atoms with van der Waals surface area (Å²) in [6.45, 7) is 0.373. The molecule has 0 aliphatic heterocycles. The van der Waals surface area contributed by atoms with Crippen molar-refractivity contribution in [1.29, 1.82) is 0 Å². The highest BCUT2D eigenvalue weighted by Gasteiger charge is 2.11. The summed E-state index contributed by atoms with van der Waals surface area (Å²) in [6.07, 6.45) is 3.64. The lowest BCUT2D eigenvalue weighted by molar-refractivity contribution is -0.115. The van der Waals surface area contributed by atoms with E-state index in [1.807, 2.05) is 36.4 Å². The van der Waals surface area contributed by atoms with E-state index in [4.69, 9.17) is 14.2 Å². The van der Waals surface area contributed by atoms with Crippen molar-refractivity contribution in [2.45, 2.75) is 13.0 Å². The van der Waals surface area contributed by atoms with Crippen LogP contribution in [0.2, 0.25) is 0 Å². The first-order valence-electron chi connectivity index (χ1n) is 8.81. The summed E-state index contributed by atoms with van der Waals surface area (Å²) in [5.41, 5.74) is 2.44. The number of aromatic nitrogens is 1. The standard InChI is InChI=1S/C22H22N2O4/c1-26-19-6-4-3-5-17(19)13-22(25)24-18-7-8-20(27-2)21(14-18)28-15-16-9-11-23-12-10-16/h3-12,14H,13,15H2,1-2H3,(H,24,25). The summed E-state index contributed by atoms with van der Waals surface area (Å²) in [4.78, 5) is 16.4. The summed E-state index contributed by atoms with van der Waals surface area (Å²) in [6, 6.07) is 16.5. The molecule has 28 heavy (non-hydrogen) atoms. The molecule has 1 amide bonds. The van der Waals surface area contributed by atoms with Crippen molar-refractivity contribution in [2.24, 2.45) is 0 Å². The Morgan fingerprint density at radius 3 is 2.43 bits per heavy atom. The number of nitrogens with zero attached hydrogens (tertiary/aromatic N) is 1. The number of para-hydroxylation sites is 1. The Balaban J connectivity index is 1.69. The van der Waals surface area contributed by atoms with E-state index >= 15 is 0 Å². The van der Waals surface area contributed by atoms with Crippen molar-refractivity contribution in [3.05, 3.63) is 78.1 Å². The molecule has 0 fully saturated rings. The van der Waals surface area contributed by atoms with E-state index in [1.165, 1.54) is 0 Å². The van der Waals surface area contributed by atoms with Gasteiger partial charge < -0.3 is 19.5 Å². The van der Waals surface area contributed by atoms with Gasteiger partial charge in [-0.3, -0.25) is 9.78 Å². The zero-order valence-electron chi connectivity index (χ0n) is 15.8. The van der Waals surface area contributed by atoms with Gasteiger partial charge in [0.15, 0.2) is 11.5 Å². The molecule has 1 N–H and O–H groups in total. The highest BCUT2D eigenvalue weighted by atomic mass is 16.5. The van der Waals surface area contributed by atoms with Gasteiger partial charge in [-0.1, -0.05) is 18.2 Å². The SMILES string of the molecule is COc1ccccc1CC(=O)Nc1ccc(OC)c(OCc2ccncc2)c1. The number of nitrogens with one attached hydrogen (secondary N) is 1. The van der Waals surface area contributed by atoms with Crippen LogP contribution < -0.4 is 19.5 Å². The molecule has 144 valence electrons. The van der Waals surface area contributed by atoms with Gasteiger partial charge in [-0.2, -0.15) is 0 Å². The van der Waals surface area contributed by atoms with Gasteiger partial charge in [0.2, 0.25) is 5.91 Å². The number of carbonyl (C=O) groups is 1. The molecular weight excluding hydrogens is 356 g/mol. The Labute approximate surface area is 164 Å². The van der Waals surface area contributed by atoms with Crippen molar-refractivity contribution in [1.82, 2.24) is 4.98 Å². The fourth-order valence-electron chi connectivity index (χ4n) is 2.73. The van der Waals surface area contributed by atoms with Crippen LogP contribution >= 0.6 is 0 Å². The minimum Gasteiger partial charge on any atom is -0.496 e. The molecule has 2 aromatic carbocycles. The second kappa shape index (κ2) is 9.41. The molecule has 0 spiro atoms. The molecule has 0 aliphatic carbocycles. The van der Waals surface area contributed by atoms with Gasteiger partial charge >= 0.3 is 0 Å². The Bertz CT molecular complexity index is 929. The van der Waals surface area contributed by atoms with Crippen LogP contribution in [-0.4, -0.2) is 25.1 Å². The fraction of sp³-hybridized carbons (Fsp3) is 0.182. The van der Waals surface area contributed by atoms with Crippen LogP contribution in [0.25, 0.3) is 0 Å². The van der Waals surface area contributed by atoms with E-state index in [2.05, 4.69) is 10.3 Å². The zero-order valence-corrected chi connectivity index (χ0v) is 15.8. The van der Waals surface area contributed by atoms with E-state index in [9.17, 15) is 4.79 Å². The highest BCUT2D eigenvalue weighted by Crippen LogP contribution is 2.31. The third kappa shape index (κ3) is 5.01. The van der Waals surface area contributed by atoms with Gasteiger partial charge in [-0.25, -0.2) is 0 Å². The third-order valence-corrected chi connectivity index (χ3v) is 4.13. The minimum atomic E-state index is -0.144. The number of carbonyl (C=O) groups excluding carboxylic acids is 1. The van der Waals surface area contributed by atoms with Gasteiger partial charge in [0.05, 0.1) is 20.6 Å². The van der Waals surface area contributed by atoms with Crippen LogP contribution in [0.4, 0.5) is 5.69 Å². The summed E-state index contributed by atoms with van der Waals surface area (Å²) in [7, 11) is 3.17. The average molecular weight is 378 g/mol.